The summed E-state index contributed by atoms with van der Waals surface area (Å²) < 4.78 is 5.54. The second-order valence-electron chi connectivity index (χ2n) is 13.1. The Kier molecular flexibility index (Phi) is 7.09. The first-order chi connectivity index (χ1) is 16.7. The zero-order valence-electron chi connectivity index (χ0n) is 22.0. The molecule has 2 N–H and O–H groups in total. The van der Waals surface area contributed by atoms with Crippen molar-refractivity contribution in [3.05, 3.63) is 35.9 Å². The molecule has 5 rings (SSSR count). The minimum absolute atomic E-state index is 0.0852. The maximum atomic E-state index is 12.4. The van der Waals surface area contributed by atoms with Gasteiger partial charge in [-0.3, -0.25) is 4.79 Å². The van der Waals surface area contributed by atoms with Crippen LogP contribution in [0.3, 0.4) is 0 Å². The third kappa shape index (κ3) is 4.59. The Morgan fingerprint density at radius 3 is 2.46 bits per heavy atom. The summed E-state index contributed by atoms with van der Waals surface area (Å²) in [4.78, 5) is 12.4. The fourth-order valence-corrected chi connectivity index (χ4v) is 9.61. The molecular weight excluding hydrogens is 436 g/mol. The van der Waals surface area contributed by atoms with Gasteiger partial charge in [-0.15, -0.1) is 0 Å². The van der Waals surface area contributed by atoms with Crippen LogP contribution in [0.15, 0.2) is 30.3 Å². The molecule has 4 fully saturated rings. The summed E-state index contributed by atoms with van der Waals surface area (Å²) in [5.41, 5.74) is 1.52. The second-order valence-corrected chi connectivity index (χ2v) is 13.1. The van der Waals surface area contributed by atoms with E-state index in [0.717, 1.165) is 37.7 Å². The molecule has 4 heteroatoms. The lowest BCUT2D eigenvalue weighted by molar-refractivity contribution is -0.172. The highest BCUT2D eigenvalue weighted by molar-refractivity contribution is 5.69. The predicted octanol–water partition coefficient (Wildman–Crippen LogP) is 6.14. The summed E-state index contributed by atoms with van der Waals surface area (Å²) >= 11 is 0. The first kappa shape index (κ1) is 25.3. The van der Waals surface area contributed by atoms with Gasteiger partial charge in [0.1, 0.15) is 6.61 Å². The highest BCUT2D eigenvalue weighted by Gasteiger charge is 2.62. The first-order valence-electron chi connectivity index (χ1n) is 14.3. The van der Waals surface area contributed by atoms with Crippen LogP contribution in [-0.4, -0.2) is 28.4 Å². The summed E-state index contributed by atoms with van der Waals surface area (Å²) in [7, 11) is 0. The summed E-state index contributed by atoms with van der Waals surface area (Å²) in [6.07, 6.45) is 9.60. The number of hydrogen-bond donors (Lipinski definition) is 2. The largest absolute Gasteiger partial charge is 0.461 e. The number of esters is 1. The summed E-state index contributed by atoms with van der Waals surface area (Å²) in [5, 5.41) is 21.5. The molecule has 1 aromatic rings. The number of carbonyl (C=O) groups is 1. The van der Waals surface area contributed by atoms with Gasteiger partial charge in [-0.1, -0.05) is 51.1 Å². The lowest BCUT2D eigenvalue weighted by Gasteiger charge is -2.62. The maximum absolute atomic E-state index is 12.4. The lowest BCUT2D eigenvalue weighted by Crippen LogP contribution is -2.58. The van der Waals surface area contributed by atoms with Gasteiger partial charge in [-0.25, -0.2) is 0 Å². The molecule has 0 unspecified atom stereocenters. The fourth-order valence-electron chi connectivity index (χ4n) is 9.61. The molecule has 10 atom stereocenters. The number of aliphatic hydroxyl groups is 2. The molecule has 1 aromatic carbocycles. The van der Waals surface area contributed by atoms with Crippen molar-refractivity contribution in [3.8, 4) is 0 Å². The molecule has 0 bridgehead atoms. The average Bonchev–Trinajstić information content (AvgIpc) is 3.20. The third-order valence-corrected chi connectivity index (χ3v) is 11.5. The molecule has 4 nitrogen and oxygen atoms in total. The van der Waals surface area contributed by atoms with Gasteiger partial charge in [0.15, 0.2) is 0 Å². The number of ether oxygens (including phenoxy) is 1. The maximum Gasteiger partial charge on any atom is 0.306 e. The number of benzene rings is 1. The first-order valence-corrected chi connectivity index (χ1v) is 14.3. The topological polar surface area (TPSA) is 66.8 Å². The van der Waals surface area contributed by atoms with Gasteiger partial charge in [-0.2, -0.15) is 0 Å². The van der Waals surface area contributed by atoms with Gasteiger partial charge in [0.25, 0.3) is 0 Å². The molecule has 35 heavy (non-hydrogen) atoms. The Labute approximate surface area is 211 Å². The van der Waals surface area contributed by atoms with Crippen LogP contribution in [0.25, 0.3) is 0 Å². The number of rotatable bonds is 6. The Morgan fingerprint density at radius 2 is 1.69 bits per heavy atom. The molecule has 0 amide bonds. The molecule has 0 heterocycles. The van der Waals surface area contributed by atoms with Crippen molar-refractivity contribution in [2.24, 2.45) is 46.3 Å². The standard InChI is InChI=1S/C31H46O4/c1-20(9-12-29(34)35-19-21-7-5-4-6-8-21)24-10-11-25-23-18-28(33)27-17-22(32)13-15-31(27,3)26(23)14-16-30(24,25)2/h4-8,20,22-28,32-33H,9-19H2,1-3H3/t20-,22-,23+,24-,25+,26+,27+,28+,30-,31-/m1/s1. The minimum atomic E-state index is -0.269. The van der Waals surface area contributed by atoms with Crippen LogP contribution in [0.4, 0.5) is 0 Å². The monoisotopic (exact) mass is 482 g/mol. The molecular formula is C31H46O4. The van der Waals surface area contributed by atoms with Crippen molar-refractivity contribution in [1.82, 2.24) is 0 Å². The van der Waals surface area contributed by atoms with E-state index < -0.39 is 0 Å². The SMILES string of the molecule is C[C@H](CCC(=O)OCc1ccccc1)[C@H]1CC[C@H]2[C@@H]3C[C@H](O)[C@@H]4C[C@H](O)CC[C@]4(C)[C@H]3CC[C@]12C. The van der Waals surface area contributed by atoms with E-state index in [0.29, 0.717) is 48.0 Å². The molecule has 4 saturated carbocycles. The van der Waals surface area contributed by atoms with Crippen molar-refractivity contribution < 1.29 is 19.7 Å². The van der Waals surface area contributed by atoms with Crippen LogP contribution >= 0.6 is 0 Å². The minimum Gasteiger partial charge on any atom is -0.461 e. The molecule has 0 aliphatic heterocycles. The van der Waals surface area contributed by atoms with Crippen LogP contribution in [0.2, 0.25) is 0 Å². The molecule has 0 aromatic heterocycles. The van der Waals surface area contributed by atoms with Gasteiger partial charge in [0.05, 0.1) is 12.2 Å². The Hall–Kier alpha value is -1.39. The quantitative estimate of drug-likeness (QED) is 0.478. The fraction of sp³-hybridized carbons (Fsp3) is 0.774. The van der Waals surface area contributed by atoms with E-state index in [4.69, 9.17) is 4.74 Å². The lowest BCUT2D eigenvalue weighted by atomic mass is 9.44. The Balaban J connectivity index is 1.20. The zero-order chi connectivity index (χ0) is 24.8. The Morgan fingerprint density at radius 1 is 0.971 bits per heavy atom. The normalized spacial score (nSPS) is 43.5. The van der Waals surface area contributed by atoms with Crippen LogP contribution in [0.5, 0.6) is 0 Å². The van der Waals surface area contributed by atoms with Crippen LogP contribution in [0, 0.1) is 46.3 Å². The number of carbonyl (C=O) groups excluding carboxylic acids is 1. The van der Waals surface area contributed by atoms with Crippen LogP contribution in [0.1, 0.15) is 90.5 Å². The van der Waals surface area contributed by atoms with E-state index in [1.165, 1.54) is 25.7 Å². The van der Waals surface area contributed by atoms with E-state index in [9.17, 15) is 15.0 Å². The summed E-state index contributed by atoms with van der Waals surface area (Å²) in [5.74, 6) is 3.29. The molecule has 4 aliphatic rings. The van der Waals surface area contributed by atoms with Crippen LogP contribution in [-0.2, 0) is 16.1 Å². The van der Waals surface area contributed by atoms with Gasteiger partial charge in [-0.05, 0) is 110 Å². The number of aliphatic hydroxyl groups excluding tert-OH is 2. The van der Waals surface area contributed by atoms with Gasteiger partial charge in [0, 0.05) is 6.42 Å². The number of fused-ring (bicyclic) bond motifs is 5. The van der Waals surface area contributed by atoms with E-state index >= 15 is 0 Å². The molecule has 194 valence electrons. The van der Waals surface area contributed by atoms with Crippen molar-refractivity contribution in [2.45, 2.75) is 104 Å². The van der Waals surface area contributed by atoms with E-state index in [2.05, 4.69) is 20.8 Å². The smallest absolute Gasteiger partial charge is 0.306 e. The predicted molar refractivity (Wildman–Crippen MR) is 137 cm³/mol. The average molecular weight is 483 g/mol. The Bertz CT molecular complexity index is 885. The van der Waals surface area contributed by atoms with Crippen molar-refractivity contribution in [3.63, 3.8) is 0 Å². The molecule has 0 saturated heterocycles. The summed E-state index contributed by atoms with van der Waals surface area (Å²) in [6, 6.07) is 9.90. The molecule has 4 aliphatic carbocycles. The third-order valence-electron chi connectivity index (χ3n) is 11.5. The van der Waals surface area contributed by atoms with Crippen molar-refractivity contribution >= 4 is 5.97 Å². The van der Waals surface area contributed by atoms with Gasteiger partial charge in [0.2, 0.25) is 0 Å². The van der Waals surface area contributed by atoms with Gasteiger partial charge < -0.3 is 14.9 Å². The number of hydrogen-bond acceptors (Lipinski definition) is 4. The van der Waals surface area contributed by atoms with Crippen molar-refractivity contribution in [2.75, 3.05) is 0 Å². The highest BCUT2D eigenvalue weighted by atomic mass is 16.5. The second kappa shape index (κ2) is 9.82. The molecule has 0 radical (unpaired) electrons. The highest BCUT2D eigenvalue weighted by Crippen LogP contribution is 2.68. The molecule has 0 spiro atoms. The van der Waals surface area contributed by atoms with Crippen LogP contribution < -0.4 is 0 Å². The van der Waals surface area contributed by atoms with Crippen molar-refractivity contribution in [1.29, 1.82) is 0 Å². The van der Waals surface area contributed by atoms with E-state index in [-0.39, 0.29) is 29.5 Å². The summed E-state index contributed by atoms with van der Waals surface area (Å²) in [6.45, 7) is 7.67. The van der Waals surface area contributed by atoms with E-state index in [1.54, 1.807) is 0 Å². The van der Waals surface area contributed by atoms with E-state index in [1.807, 2.05) is 30.3 Å². The zero-order valence-corrected chi connectivity index (χ0v) is 22.0. The van der Waals surface area contributed by atoms with Gasteiger partial charge >= 0.3 is 5.97 Å².